The van der Waals surface area contributed by atoms with Crippen LogP contribution in [-0.2, 0) is 6.18 Å². The zero-order chi connectivity index (χ0) is 25.4. The fourth-order valence-corrected chi connectivity index (χ4v) is 3.44. The van der Waals surface area contributed by atoms with Gasteiger partial charge >= 0.3 is 12.2 Å². The standard InChI is InChI=1S/C20H9Cl3F5N3O3/c21-10-5-9(31(19(29)33)18(32)15-13(24)2-1-3-14(15)25)6-11(22)16(10)34-17-12(23)4-8(7-30-17)20(26,27)28/h1-7H,(H2,29,33). The largest absolute Gasteiger partial charge is 0.434 e. The smallest absolute Gasteiger partial charge is 0.417 e. The minimum atomic E-state index is -4.70. The fraction of sp³-hybridized carbons (Fsp3) is 0.0500. The van der Waals surface area contributed by atoms with E-state index in [9.17, 15) is 31.5 Å². The van der Waals surface area contributed by atoms with E-state index in [4.69, 9.17) is 45.3 Å². The number of amides is 3. The van der Waals surface area contributed by atoms with Gasteiger partial charge in [-0.1, -0.05) is 40.9 Å². The molecule has 0 saturated heterocycles. The normalized spacial score (nSPS) is 11.3. The van der Waals surface area contributed by atoms with E-state index in [-0.39, 0.29) is 26.4 Å². The van der Waals surface area contributed by atoms with E-state index in [0.29, 0.717) is 12.3 Å². The molecule has 6 nitrogen and oxygen atoms in total. The second-order valence-corrected chi connectivity index (χ2v) is 7.65. The van der Waals surface area contributed by atoms with Crippen molar-refractivity contribution in [1.82, 2.24) is 4.98 Å². The molecule has 3 aromatic rings. The average Bonchev–Trinajstić information content (AvgIpc) is 2.70. The summed E-state index contributed by atoms with van der Waals surface area (Å²) in [5.41, 5.74) is 2.65. The number of nitrogens with zero attached hydrogens (tertiary/aromatic N) is 2. The quantitative estimate of drug-likeness (QED) is 0.367. The van der Waals surface area contributed by atoms with Gasteiger partial charge in [-0.25, -0.2) is 23.5 Å². The van der Waals surface area contributed by atoms with E-state index in [2.05, 4.69) is 4.98 Å². The average molecular weight is 541 g/mol. The van der Waals surface area contributed by atoms with Crippen LogP contribution in [0.3, 0.4) is 0 Å². The maximum Gasteiger partial charge on any atom is 0.417 e. The maximum atomic E-state index is 14.0. The number of pyridine rings is 1. The van der Waals surface area contributed by atoms with Gasteiger partial charge in [0.05, 0.1) is 21.3 Å². The van der Waals surface area contributed by atoms with E-state index < -0.39 is 51.8 Å². The molecule has 14 heteroatoms. The van der Waals surface area contributed by atoms with Crippen LogP contribution in [-0.4, -0.2) is 16.9 Å². The summed E-state index contributed by atoms with van der Waals surface area (Å²) < 4.78 is 71.7. The number of benzene rings is 2. The minimum absolute atomic E-state index is 0.215. The van der Waals surface area contributed by atoms with Crippen LogP contribution in [0.1, 0.15) is 15.9 Å². The number of primary amides is 1. The Kier molecular flexibility index (Phi) is 7.20. The molecule has 34 heavy (non-hydrogen) atoms. The van der Waals surface area contributed by atoms with Crippen molar-refractivity contribution in [2.24, 2.45) is 5.73 Å². The van der Waals surface area contributed by atoms with Crippen LogP contribution in [0.5, 0.6) is 11.6 Å². The molecule has 0 saturated carbocycles. The van der Waals surface area contributed by atoms with Crippen LogP contribution in [0, 0.1) is 11.6 Å². The Labute approximate surface area is 202 Å². The summed E-state index contributed by atoms with van der Waals surface area (Å²) >= 11 is 18.0. The third-order valence-corrected chi connectivity index (χ3v) is 5.01. The first-order chi connectivity index (χ1) is 15.8. The van der Waals surface area contributed by atoms with Crippen molar-refractivity contribution in [3.8, 4) is 11.6 Å². The molecule has 0 unspecified atom stereocenters. The summed E-state index contributed by atoms with van der Waals surface area (Å²) in [7, 11) is 0. The first-order valence-corrected chi connectivity index (χ1v) is 9.92. The van der Waals surface area contributed by atoms with Crippen molar-refractivity contribution in [3.05, 3.63) is 80.4 Å². The first-order valence-electron chi connectivity index (χ1n) is 8.78. The number of alkyl halides is 3. The zero-order valence-electron chi connectivity index (χ0n) is 16.3. The van der Waals surface area contributed by atoms with Gasteiger partial charge in [0, 0.05) is 6.20 Å². The molecule has 2 aromatic carbocycles. The molecule has 0 fully saturated rings. The van der Waals surface area contributed by atoms with E-state index >= 15 is 0 Å². The third-order valence-electron chi connectivity index (χ3n) is 4.17. The number of nitrogens with two attached hydrogens (primary N) is 1. The topological polar surface area (TPSA) is 85.5 Å². The van der Waals surface area contributed by atoms with Crippen LogP contribution < -0.4 is 15.4 Å². The number of carbonyl (C=O) groups excluding carboxylic acids is 2. The first kappa shape index (κ1) is 25.5. The van der Waals surface area contributed by atoms with Crippen LogP contribution in [0.15, 0.2) is 42.6 Å². The highest BCUT2D eigenvalue weighted by Crippen LogP contribution is 2.42. The number of imide groups is 1. The van der Waals surface area contributed by atoms with E-state index in [1.54, 1.807) is 0 Å². The number of anilines is 1. The van der Waals surface area contributed by atoms with Crippen molar-refractivity contribution in [1.29, 1.82) is 0 Å². The molecule has 1 aromatic heterocycles. The lowest BCUT2D eigenvalue weighted by Gasteiger charge is -2.21. The Morgan fingerprint density at radius 3 is 2.00 bits per heavy atom. The molecule has 3 amide bonds. The Morgan fingerprint density at radius 1 is 0.971 bits per heavy atom. The SMILES string of the molecule is NC(=O)N(C(=O)c1c(F)cccc1F)c1cc(Cl)c(Oc2ncc(C(F)(F)F)cc2Cl)c(Cl)c1. The second-order valence-electron chi connectivity index (χ2n) is 6.42. The van der Waals surface area contributed by atoms with Crippen molar-refractivity contribution in [2.75, 3.05) is 4.90 Å². The minimum Gasteiger partial charge on any atom is -0.434 e. The molecular weight excluding hydrogens is 532 g/mol. The van der Waals surface area contributed by atoms with Gasteiger partial charge in [-0.05, 0) is 30.3 Å². The van der Waals surface area contributed by atoms with Crippen LogP contribution in [0.2, 0.25) is 15.1 Å². The summed E-state index contributed by atoms with van der Waals surface area (Å²) in [6, 6.07) is 3.65. The highest BCUT2D eigenvalue weighted by atomic mass is 35.5. The second kappa shape index (κ2) is 9.61. The van der Waals surface area contributed by atoms with E-state index in [1.165, 1.54) is 0 Å². The lowest BCUT2D eigenvalue weighted by molar-refractivity contribution is -0.137. The molecule has 0 aliphatic heterocycles. The lowest BCUT2D eigenvalue weighted by Crippen LogP contribution is -2.41. The molecule has 0 bridgehead atoms. The lowest BCUT2D eigenvalue weighted by atomic mass is 10.1. The number of hydrogen-bond acceptors (Lipinski definition) is 4. The number of carbonyl (C=O) groups is 2. The van der Waals surface area contributed by atoms with Gasteiger partial charge in [-0.2, -0.15) is 13.2 Å². The van der Waals surface area contributed by atoms with Crippen molar-refractivity contribution in [2.45, 2.75) is 6.18 Å². The van der Waals surface area contributed by atoms with Gasteiger partial charge in [0.25, 0.3) is 5.91 Å². The van der Waals surface area contributed by atoms with Gasteiger partial charge < -0.3 is 10.5 Å². The van der Waals surface area contributed by atoms with Gasteiger partial charge in [0.2, 0.25) is 5.88 Å². The summed E-state index contributed by atoms with van der Waals surface area (Å²) in [5.74, 6) is -4.79. The van der Waals surface area contributed by atoms with Gasteiger partial charge in [-0.15, -0.1) is 0 Å². The van der Waals surface area contributed by atoms with Crippen molar-refractivity contribution in [3.63, 3.8) is 0 Å². The molecule has 1 heterocycles. The number of halogens is 8. The van der Waals surface area contributed by atoms with Crippen LogP contribution >= 0.6 is 34.8 Å². The van der Waals surface area contributed by atoms with E-state index in [0.717, 1.165) is 30.3 Å². The predicted octanol–water partition coefficient (Wildman–Crippen LogP) is 6.86. The van der Waals surface area contributed by atoms with Crippen LogP contribution in [0.4, 0.5) is 32.4 Å². The summed E-state index contributed by atoms with van der Waals surface area (Å²) in [6.45, 7) is 0. The summed E-state index contributed by atoms with van der Waals surface area (Å²) in [5, 5.41) is -1.25. The molecule has 2 N–H and O–H groups in total. The Hall–Kier alpha value is -3.15. The number of aromatic nitrogens is 1. The maximum absolute atomic E-state index is 14.0. The molecule has 3 rings (SSSR count). The number of hydrogen-bond donors (Lipinski definition) is 1. The Balaban J connectivity index is 2.00. The number of ether oxygens (including phenoxy) is 1. The molecular formula is C20H9Cl3F5N3O3. The molecule has 0 spiro atoms. The molecule has 178 valence electrons. The molecule has 0 aliphatic carbocycles. The van der Waals surface area contributed by atoms with Crippen molar-refractivity contribution >= 4 is 52.4 Å². The number of urea groups is 1. The van der Waals surface area contributed by atoms with Crippen LogP contribution in [0.25, 0.3) is 0 Å². The Morgan fingerprint density at radius 2 is 1.53 bits per heavy atom. The third kappa shape index (κ3) is 5.16. The van der Waals surface area contributed by atoms with Gasteiger partial charge in [-0.3, -0.25) is 4.79 Å². The number of rotatable bonds is 4. The summed E-state index contributed by atoms with van der Waals surface area (Å²) in [4.78, 5) is 28.3. The predicted molar refractivity (Wildman–Crippen MR) is 114 cm³/mol. The Bertz CT molecular complexity index is 1260. The molecule has 0 atom stereocenters. The molecule has 0 radical (unpaired) electrons. The highest BCUT2D eigenvalue weighted by Gasteiger charge is 2.32. The zero-order valence-corrected chi connectivity index (χ0v) is 18.5. The monoisotopic (exact) mass is 539 g/mol. The highest BCUT2D eigenvalue weighted by molar-refractivity contribution is 6.38. The van der Waals surface area contributed by atoms with Gasteiger partial charge in [0.15, 0.2) is 5.75 Å². The van der Waals surface area contributed by atoms with Crippen molar-refractivity contribution < 1.29 is 36.3 Å². The fourth-order valence-electron chi connectivity index (χ4n) is 2.68. The van der Waals surface area contributed by atoms with E-state index in [1.807, 2.05) is 0 Å². The summed E-state index contributed by atoms with van der Waals surface area (Å²) in [6.07, 6.45) is -4.23. The molecule has 0 aliphatic rings. The van der Waals surface area contributed by atoms with Gasteiger partial charge in [0.1, 0.15) is 22.2 Å².